The maximum Gasteiger partial charge on any atom is 0.243 e. The molecule has 6 heteroatoms. The first-order valence-electron chi connectivity index (χ1n) is 8.04. The molecule has 3 aromatic rings. The molecule has 1 aromatic carbocycles. The Morgan fingerprint density at radius 1 is 1.08 bits per heavy atom. The van der Waals surface area contributed by atoms with Crippen LogP contribution in [0.1, 0.15) is 16.0 Å². The molecule has 130 valence electrons. The van der Waals surface area contributed by atoms with Crippen LogP contribution in [-0.4, -0.2) is 24.3 Å². The summed E-state index contributed by atoms with van der Waals surface area (Å²) in [6, 6.07) is 14.7. The fraction of sp³-hybridized carbons (Fsp3) is 0.211. The summed E-state index contributed by atoms with van der Waals surface area (Å²) < 4.78 is 27.8. The molecule has 0 bridgehead atoms. The van der Waals surface area contributed by atoms with Gasteiger partial charge < -0.3 is 0 Å². The number of hydrogen-bond donors (Lipinski definition) is 0. The van der Waals surface area contributed by atoms with Crippen molar-refractivity contribution in [1.82, 2.24) is 9.29 Å². The second-order valence-electron chi connectivity index (χ2n) is 5.84. The van der Waals surface area contributed by atoms with Crippen molar-refractivity contribution in [2.75, 3.05) is 6.54 Å². The summed E-state index contributed by atoms with van der Waals surface area (Å²) in [5.41, 5.74) is 1.92. The Morgan fingerprint density at radius 2 is 1.88 bits per heavy atom. The molecule has 4 nitrogen and oxygen atoms in total. The minimum atomic E-state index is -3.56. The van der Waals surface area contributed by atoms with E-state index in [9.17, 15) is 8.42 Å². The predicted octanol–water partition coefficient (Wildman–Crippen LogP) is 3.89. The van der Waals surface area contributed by atoms with Crippen molar-refractivity contribution in [3.8, 4) is 0 Å². The first-order chi connectivity index (χ1) is 12.1. The molecule has 0 aliphatic carbocycles. The summed E-state index contributed by atoms with van der Waals surface area (Å²) in [4.78, 5) is 5.60. The summed E-state index contributed by atoms with van der Waals surface area (Å²) in [6.07, 6.45) is 4.10. The van der Waals surface area contributed by atoms with E-state index < -0.39 is 10.0 Å². The Kier molecular flexibility index (Phi) is 5.63. The molecule has 0 aliphatic rings. The average molecular weight is 373 g/mol. The molecule has 0 unspecified atom stereocenters. The first-order valence-corrected chi connectivity index (χ1v) is 10.4. The highest BCUT2D eigenvalue weighted by Crippen LogP contribution is 2.20. The molecule has 0 radical (unpaired) electrons. The molecule has 0 atom stereocenters. The number of sulfonamides is 1. The first kappa shape index (κ1) is 17.8. The monoisotopic (exact) mass is 372 g/mol. The molecule has 0 amide bonds. The highest BCUT2D eigenvalue weighted by atomic mass is 32.2. The lowest BCUT2D eigenvalue weighted by Crippen LogP contribution is -2.32. The Balaban J connectivity index is 1.87. The Bertz CT molecular complexity index is 890. The molecular formula is C19H20N2O2S2. The van der Waals surface area contributed by atoms with E-state index in [1.54, 1.807) is 35.9 Å². The lowest BCUT2D eigenvalue weighted by atomic mass is 10.2. The quantitative estimate of drug-likeness (QED) is 0.632. The minimum absolute atomic E-state index is 0.315. The van der Waals surface area contributed by atoms with Gasteiger partial charge in [0.1, 0.15) is 0 Å². The predicted molar refractivity (Wildman–Crippen MR) is 101 cm³/mol. The molecule has 0 spiro atoms. The summed E-state index contributed by atoms with van der Waals surface area (Å²) in [5.74, 6) is 0. The second-order valence-corrected chi connectivity index (χ2v) is 8.81. The van der Waals surface area contributed by atoms with E-state index in [0.717, 1.165) is 11.1 Å². The normalized spacial score (nSPS) is 11.8. The number of aromatic nitrogens is 1. The van der Waals surface area contributed by atoms with Gasteiger partial charge in [-0.25, -0.2) is 8.42 Å². The summed E-state index contributed by atoms with van der Waals surface area (Å²) >= 11 is 1.65. The number of benzene rings is 1. The van der Waals surface area contributed by atoms with Crippen LogP contribution in [0.3, 0.4) is 0 Å². The maximum atomic E-state index is 13.1. The van der Waals surface area contributed by atoms with E-state index >= 15 is 0 Å². The third kappa shape index (κ3) is 4.54. The zero-order chi connectivity index (χ0) is 17.7. The highest BCUT2D eigenvalue weighted by Gasteiger charge is 2.24. The van der Waals surface area contributed by atoms with Crippen molar-refractivity contribution in [1.29, 1.82) is 0 Å². The van der Waals surface area contributed by atoms with Gasteiger partial charge in [-0.15, -0.1) is 11.3 Å². The van der Waals surface area contributed by atoms with E-state index in [-0.39, 0.29) is 0 Å². The van der Waals surface area contributed by atoms with Gasteiger partial charge in [0.05, 0.1) is 4.90 Å². The van der Waals surface area contributed by atoms with Crippen molar-refractivity contribution in [3.63, 3.8) is 0 Å². The summed E-state index contributed by atoms with van der Waals surface area (Å²) in [5, 5.41) is 2.01. The smallest absolute Gasteiger partial charge is 0.243 e. The average Bonchev–Trinajstić information content (AvgIpc) is 3.13. The van der Waals surface area contributed by atoms with Gasteiger partial charge in [-0.2, -0.15) is 4.31 Å². The van der Waals surface area contributed by atoms with E-state index in [1.807, 2.05) is 48.7 Å². The summed E-state index contributed by atoms with van der Waals surface area (Å²) in [7, 11) is -3.56. The van der Waals surface area contributed by atoms with Crippen LogP contribution < -0.4 is 0 Å². The molecule has 2 aromatic heterocycles. The SMILES string of the molecule is Cc1ccc(S(=O)(=O)N(CCc2cccs2)Cc2cccnc2)cc1. The number of nitrogens with zero attached hydrogens (tertiary/aromatic N) is 2. The number of thiophene rings is 1. The highest BCUT2D eigenvalue weighted by molar-refractivity contribution is 7.89. The Labute approximate surface area is 152 Å². The van der Waals surface area contributed by atoms with Gasteiger partial charge >= 0.3 is 0 Å². The maximum absolute atomic E-state index is 13.1. The van der Waals surface area contributed by atoms with Crippen LogP contribution in [0.15, 0.2) is 71.2 Å². The molecule has 0 aliphatic heterocycles. The molecule has 0 fully saturated rings. The lowest BCUT2D eigenvalue weighted by Gasteiger charge is -2.22. The van der Waals surface area contributed by atoms with Crippen LogP contribution in [0, 0.1) is 6.92 Å². The van der Waals surface area contributed by atoms with Gasteiger partial charge in [-0.1, -0.05) is 29.8 Å². The topological polar surface area (TPSA) is 50.3 Å². The zero-order valence-electron chi connectivity index (χ0n) is 14.0. The molecule has 0 saturated carbocycles. The van der Waals surface area contributed by atoms with Gasteiger partial charge in [0.15, 0.2) is 0 Å². The Morgan fingerprint density at radius 3 is 2.52 bits per heavy atom. The molecule has 0 saturated heterocycles. The van der Waals surface area contributed by atoms with Gasteiger partial charge in [0, 0.05) is 30.4 Å². The molecule has 0 N–H and O–H groups in total. The van der Waals surface area contributed by atoms with Crippen molar-refractivity contribution in [2.45, 2.75) is 24.8 Å². The Hall–Kier alpha value is -2.02. The standard InChI is InChI=1S/C19H20N2O2S2/c1-16-6-8-19(9-7-16)25(22,23)21(12-10-18-5-3-13-24-18)15-17-4-2-11-20-14-17/h2-9,11,13-14H,10,12,15H2,1H3. The van der Waals surface area contributed by atoms with Gasteiger partial charge in [0.25, 0.3) is 0 Å². The molecule has 2 heterocycles. The van der Waals surface area contributed by atoms with E-state index in [1.165, 1.54) is 9.18 Å². The van der Waals surface area contributed by atoms with Crippen LogP contribution >= 0.6 is 11.3 Å². The zero-order valence-corrected chi connectivity index (χ0v) is 15.6. The third-order valence-electron chi connectivity index (χ3n) is 3.93. The third-order valence-corrected chi connectivity index (χ3v) is 6.72. The molecule has 25 heavy (non-hydrogen) atoms. The number of hydrogen-bond acceptors (Lipinski definition) is 4. The fourth-order valence-electron chi connectivity index (χ4n) is 2.53. The van der Waals surface area contributed by atoms with Crippen LogP contribution in [0.2, 0.25) is 0 Å². The second kappa shape index (κ2) is 7.91. The number of rotatable bonds is 7. The van der Waals surface area contributed by atoms with E-state index in [4.69, 9.17) is 0 Å². The number of pyridine rings is 1. The fourth-order valence-corrected chi connectivity index (χ4v) is 4.66. The van der Waals surface area contributed by atoms with Gasteiger partial charge in [-0.05, 0) is 48.6 Å². The van der Waals surface area contributed by atoms with Crippen molar-refractivity contribution >= 4 is 21.4 Å². The van der Waals surface area contributed by atoms with Crippen molar-refractivity contribution in [2.24, 2.45) is 0 Å². The van der Waals surface area contributed by atoms with Gasteiger partial charge in [0.2, 0.25) is 10.0 Å². The van der Waals surface area contributed by atoms with Crippen molar-refractivity contribution < 1.29 is 8.42 Å². The van der Waals surface area contributed by atoms with Crippen LogP contribution in [0.5, 0.6) is 0 Å². The largest absolute Gasteiger partial charge is 0.264 e. The molecule has 3 rings (SSSR count). The van der Waals surface area contributed by atoms with Crippen LogP contribution in [0.25, 0.3) is 0 Å². The van der Waals surface area contributed by atoms with E-state index in [2.05, 4.69) is 4.98 Å². The van der Waals surface area contributed by atoms with E-state index in [0.29, 0.717) is 24.4 Å². The van der Waals surface area contributed by atoms with Gasteiger partial charge in [-0.3, -0.25) is 4.98 Å². The molecular weight excluding hydrogens is 352 g/mol. The van der Waals surface area contributed by atoms with Crippen LogP contribution in [0.4, 0.5) is 0 Å². The minimum Gasteiger partial charge on any atom is -0.264 e. The lowest BCUT2D eigenvalue weighted by molar-refractivity contribution is 0.410. The van der Waals surface area contributed by atoms with Crippen molar-refractivity contribution in [3.05, 3.63) is 82.3 Å². The van der Waals surface area contributed by atoms with Crippen LogP contribution in [-0.2, 0) is 23.0 Å². The summed E-state index contributed by atoms with van der Waals surface area (Å²) in [6.45, 7) is 2.70. The number of aryl methyl sites for hydroxylation is 1.